The predicted molar refractivity (Wildman–Crippen MR) is 210 cm³/mol. The van der Waals surface area contributed by atoms with Crippen molar-refractivity contribution in [3.05, 3.63) is 138 Å². The highest BCUT2D eigenvalue weighted by molar-refractivity contribution is 5.84. The molecule has 1 aromatic heterocycles. The maximum absolute atomic E-state index is 9.64. The van der Waals surface area contributed by atoms with E-state index >= 15 is 0 Å². The van der Waals surface area contributed by atoms with Crippen molar-refractivity contribution in [2.24, 2.45) is 17.8 Å². The lowest BCUT2D eigenvalue weighted by molar-refractivity contribution is 0.0780. The van der Waals surface area contributed by atoms with Crippen molar-refractivity contribution in [1.29, 1.82) is 5.26 Å². The highest BCUT2D eigenvalue weighted by atomic mass is 15.0. The molecule has 3 aliphatic carbocycles. The smallest absolute Gasteiger partial charge is 0.164 e. The van der Waals surface area contributed by atoms with E-state index in [-0.39, 0.29) is 10.8 Å². The van der Waals surface area contributed by atoms with Crippen LogP contribution in [-0.4, -0.2) is 15.0 Å². The Hall–Kier alpha value is -5.40. The molecule has 4 atom stereocenters. The van der Waals surface area contributed by atoms with E-state index in [0.717, 1.165) is 45.6 Å². The fraction of sp³-hybridized carbons (Fsp3) is 0.292. The lowest BCUT2D eigenvalue weighted by atomic mass is 9.54. The molecule has 1 unspecified atom stereocenters. The summed E-state index contributed by atoms with van der Waals surface area (Å²) in [5.41, 5.74) is 12.2. The molecule has 0 spiro atoms. The van der Waals surface area contributed by atoms with E-state index in [1.807, 2.05) is 18.2 Å². The van der Waals surface area contributed by atoms with Crippen LogP contribution in [0.3, 0.4) is 0 Å². The highest BCUT2D eigenvalue weighted by Crippen LogP contribution is 2.54. The monoisotopic (exact) mass is 676 g/mol. The lowest BCUT2D eigenvalue weighted by Crippen LogP contribution is -2.42. The molecule has 52 heavy (non-hydrogen) atoms. The van der Waals surface area contributed by atoms with Crippen molar-refractivity contribution in [1.82, 2.24) is 15.0 Å². The van der Waals surface area contributed by atoms with Crippen molar-refractivity contribution in [3.63, 3.8) is 0 Å². The van der Waals surface area contributed by atoms with E-state index in [1.165, 1.54) is 59.9 Å². The molecular formula is C48H44N4. The summed E-state index contributed by atoms with van der Waals surface area (Å²) in [6.45, 7) is 9.39. The minimum absolute atomic E-state index is 0.266. The number of nitrogens with zero attached hydrogens (tertiary/aromatic N) is 4. The van der Waals surface area contributed by atoms with Gasteiger partial charge in [-0.25, -0.2) is 15.0 Å². The van der Waals surface area contributed by atoms with Gasteiger partial charge < -0.3 is 0 Å². The van der Waals surface area contributed by atoms with E-state index in [0.29, 0.717) is 23.0 Å². The van der Waals surface area contributed by atoms with Crippen LogP contribution in [0.25, 0.3) is 56.4 Å². The predicted octanol–water partition coefficient (Wildman–Crippen LogP) is 11.8. The molecule has 0 radical (unpaired) electrons. The fourth-order valence-corrected chi connectivity index (χ4v) is 10.2. The van der Waals surface area contributed by atoms with Gasteiger partial charge in [0.05, 0.1) is 11.6 Å². The normalized spacial score (nSPS) is 22.6. The second-order valence-electron chi connectivity index (χ2n) is 16.5. The molecule has 256 valence electrons. The van der Waals surface area contributed by atoms with Crippen LogP contribution in [0.15, 0.2) is 115 Å². The average Bonchev–Trinajstić information content (AvgIpc) is 3.39. The van der Waals surface area contributed by atoms with E-state index in [4.69, 9.17) is 15.0 Å². The standard InChI is InChI=1S/C48H44N4/c1-30-21-33-22-31(2)27-48(26-30,28-33)39-17-14-35(15-18-39)44-50-45(37-12-8-11-36(24-37)34-9-6-5-7-10-34)52-46(51-44)38-16-20-41-40-19-13-32(29-49)23-42(40)47(3,4)43(41)25-38/h5-20,23-25,30-31,33H,21-22,26-28H2,1-4H3/t30-,31+,33-,48?. The van der Waals surface area contributed by atoms with Gasteiger partial charge in [0.15, 0.2) is 17.5 Å². The topological polar surface area (TPSA) is 62.5 Å². The molecule has 2 saturated carbocycles. The van der Waals surface area contributed by atoms with Gasteiger partial charge in [-0.15, -0.1) is 0 Å². The highest BCUT2D eigenvalue weighted by Gasteiger charge is 2.45. The van der Waals surface area contributed by atoms with Gasteiger partial charge in [0, 0.05) is 22.1 Å². The van der Waals surface area contributed by atoms with Gasteiger partial charge in [-0.1, -0.05) is 119 Å². The molecule has 0 amide bonds. The summed E-state index contributed by atoms with van der Waals surface area (Å²) >= 11 is 0. The van der Waals surface area contributed by atoms with Gasteiger partial charge in [0.1, 0.15) is 0 Å². The maximum Gasteiger partial charge on any atom is 0.164 e. The fourth-order valence-electron chi connectivity index (χ4n) is 10.2. The van der Waals surface area contributed by atoms with Crippen LogP contribution in [0.5, 0.6) is 0 Å². The van der Waals surface area contributed by atoms with Crippen LogP contribution in [-0.2, 0) is 10.8 Å². The molecule has 3 aliphatic rings. The van der Waals surface area contributed by atoms with Crippen LogP contribution >= 0.6 is 0 Å². The molecule has 1 heterocycles. The summed E-state index contributed by atoms with van der Waals surface area (Å²) in [5.74, 6) is 4.38. The quantitative estimate of drug-likeness (QED) is 0.182. The SMILES string of the molecule is C[C@@H]1C[C@@H]2C[C@H](C)CC(c3ccc(-c4nc(-c5cccc(-c6ccccc6)c5)nc(-c5ccc6c(c5)C(C)(C)c5cc(C#N)ccc5-6)n4)cc3)(C1)C2. The van der Waals surface area contributed by atoms with Crippen LogP contribution < -0.4 is 0 Å². The number of hydrogen-bond donors (Lipinski definition) is 0. The van der Waals surface area contributed by atoms with Crippen LogP contribution in [0.4, 0.5) is 0 Å². The molecule has 4 heteroatoms. The van der Waals surface area contributed by atoms with Crippen molar-refractivity contribution in [2.75, 3.05) is 0 Å². The molecule has 4 nitrogen and oxygen atoms in total. The number of fused-ring (bicyclic) bond motifs is 5. The summed E-state index contributed by atoms with van der Waals surface area (Å²) in [6.07, 6.45) is 6.62. The number of nitriles is 1. The van der Waals surface area contributed by atoms with Crippen molar-refractivity contribution >= 4 is 0 Å². The zero-order chi connectivity index (χ0) is 35.6. The number of benzene rings is 5. The Morgan fingerprint density at radius 2 is 1.12 bits per heavy atom. The zero-order valence-electron chi connectivity index (χ0n) is 30.5. The van der Waals surface area contributed by atoms with Crippen molar-refractivity contribution in [3.8, 4) is 62.5 Å². The summed E-state index contributed by atoms with van der Waals surface area (Å²) in [6, 6.07) is 43.1. The minimum Gasteiger partial charge on any atom is -0.208 e. The van der Waals surface area contributed by atoms with Gasteiger partial charge in [-0.05, 0) is 118 Å². The Morgan fingerprint density at radius 3 is 1.79 bits per heavy atom. The third kappa shape index (κ3) is 5.55. The average molecular weight is 677 g/mol. The number of aromatic nitrogens is 3. The minimum atomic E-state index is -0.266. The Morgan fingerprint density at radius 1 is 0.558 bits per heavy atom. The number of rotatable bonds is 5. The second-order valence-corrected chi connectivity index (χ2v) is 16.5. The Labute approximate surface area is 307 Å². The van der Waals surface area contributed by atoms with Crippen LogP contribution in [0.1, 0.15) is 82.1 Å². The molecule has 9 rings (SSSR count). The van der Waals surface area contributed by atoms with E-state index < -0.39 is 0 Å². The van der Waals surface area contributed by atoms with Gasteiger partial charge >= 0.3 is 0 Å². The van der Waals surface area contributed by atoms with Crippen LogP contribution in [0, 0.1) is 29.1 Å². The van der Waals surface area contributed by atoms with Gasteiger partial charge in [-0.2, -0.15) is 5.26 Å². The largest absolute Gasteiger partial charge is 0.208 e. The summed E-state index contributed by atoms with van der Waals surface area (Å²) in [7, 11) is 0. The number of hydrogen-bond acceptors (Lipinski definition) is 4. The van der Waals surface area contributed by atoms with Crippen molar-refractivity contribution in [2.45, 2.75) is 70.6 Å². The first kappa shape index (κ1) is 32.5. The first-order valence-corrected chi connectivity index (χ1v) is 18.9. The molecule has 2 fully saturated rings. The van der Waals surface area contributed by atoms with E-state index in [2.05, 4.69) is 131 Å². The third-order valence-electron chi connectivity index (χ3n) is 12.3. The molecular weight excluding hydrogens is 633 g/mol. The first-order chi connectivity index (χ1) is 25.2. The van der Waals surface area contributed by atoms with E-state index in [9.17, 15) is 5.26 Å². The van der Waals surface area contributed by atoms with Gasteiger partial charge in [-0.3, -0.25) is 0 Å². The second kappa shape index (κ2) is 12.4. The molecule has 2 bridgehead atoms. The Kier molecular flexibility index (Phi) is 7.74. The lowest BCUT2D eigenvalue weighted by Gasteiger charge is -2.50. The first-order valence-electron chi connectivity index (χ1n) is 18.9. The summed E-state index contributed by atoms with van der Waals surface area (Å²) in [5, 5.41) is 9.64. The zero-order valence-corrected chi connectivity index (χ0v) is 30.5. The summed E-state index contributed by atoms with van der Waals surface area (Å²) in [4.78, 5) is 15.5. The Balaban J connectivity index is 1.15. The van der Waals surface area contributed by atoms with Gasteiger partial charge in [0.25, 0.3) is 0 Å². The summed E-state index contributed by atoms with van der Waals surface area (Å²) < 4.78 is 0. The molecule has 6 aromatic rings. The molecule has 0 N–H and O–H groups in total. The van der Waals surface area contributed by atoms with Gasteiger partial charge in [0.2, 0.25) is 0 Å². The molecule has 0 aliphatic heterocycles. The van der Waals surface area contributed by atoms with Crippen molar-refractivity contribution < 1.29 is 0 Å². The third-order valence-corrected chi connectivity index (χ3v) is 12.3. The molecule has 0 saturated heterocycles. The maximum atomic E-state index is 9.64. The molecule has 5 aromatic carbocycles. The van der Waals surface area contributed by atoms with Crippen LogP contribution in [0.2, 0.25) is 0 Å². The van der Waals surface area contributed by atoms with E-state index in [1.54, 1.807) is 0 Å². The Bertz CT molecular complexity index is 2350.